The molecule has 3 rings (SSSR count). The van der Waals surface area contributed by atoms with Crippen LogP contribution in [-0.2, 0) is 29.2 Å². The number of aliphatic hydroxyl groups is 4. The number of aromatic nitrogens is 4. The fourth-order valence-electron chi connectivity index (χ4n) is 3.33. The van der Waals surface area contributed by atoms with Crippen molar-refractivity contribution in [2.45, 2.75) is 76.1 Å². The van der Waals surface area contributed by atoms with Crippen LogP contribution >= 0.6 is 0 Å². The van der Waals surface area contributed by atoms with Crippen LogP contribution in [0.5, 0.6) is 0 Å². The molecule has 10 heteroatoms. The van der Waals surface area contributed by atoms with Crippen molar-refractivity contribution in [3.05, 3.63) is 36.4 Å². The van der Waals surface area contributed by atoms with E-state index in [4.69, 9.17) is 9.47 Å². The Morgan fingerprint density at radius 1 is 0.966 bits per heavy atom. The van der Waals surface area contributed by atoms with Gasteiger partial charge in [-0.15, -0.1) is 5.10 Å². The summed E-state index contributed by atoms with van der Waals surface area (Å²) in [6.45, 7) is 1.33. The zero-order chi connectivity index (χ0) is 20.6. The molecule has 1 aliphatic heterocycles. The standard InChI is InChI=1S/C19H30N4O6/c24-12-15-16(25)17(26)18(27)19(29-15)28-13-14-11-23(21-20-14)10-4-2-1-3-7-22-8-5-6-9-22/h5-6,8-9,11,15-19,24-27H,1-4,7,10,12-13H2/t15-,16+,17+,18-,19-/m1/s1. The maximum Gasteiger partial charge on any atom is 0.187 e. The maximum atomic E-state index is 9.97. The van der Waals surface area contributed by atoms with E-state index in [1.807, 2.05) is 12.1 Å². The first-order valence-corrected chi connectivity index (χ1v) is 10.0. The molecule has 0 amide bonds. The third kappa shape index (κ3) is 6.08. The number of ether oxygens (including phenoxy) is 2. The molecule has 10 nitrogen and oxygen atoms in total. The molecular weight excluding hydrogens is 380 g/mol. The van der Waals surface area contributed by atoms with Gasteiger partial charge >= 0.3 is 0 Å². The Morgan fingerprint density at radius 2 is 1.69 bits per heavy atom. The summed E-state index contributed by atoms with van der Waals surface area (Å²) in [5, 5.41) is 46.8. The van der Waals surface area contributed by atoms with Crippen LogP contribution in [-0.4, -0.2) is 77.3 Å². The van der Waals surface area contributed by atoms with Gasteiger partial charge in [-0.05, 0) is 25.0 Å². The molecule has 0 spiro atoms. The van der Waals surface area contributed by atoms with E-state index in [0.717, 1.165) is 38.8 Å². The monoisotopic (exact) mass is 410 g/mol. The van der Waals surface area contributed by atoms with Gasteiger partial charge in [0.1, 0.15) is 30.1 Å². The fraction of sp³-hybridized carbons (Fsp3) is 0.684. The van der Waals surface area contributed by atoms with E-state index < -0.39 is 37.3 Å². The summed E-state index contributed by atoms with van der Waals surface area (Å²) in [4.78, 5) is 0. The van der Waals surface area contributed by atoms with E-state index in [2.05, 4.69) is 27.3 Å². The molecule has 0 radical (unpaired) electrons. The maximum absolute atomic E-state index is 9.97. The van der Waals surface area contributed by atoms with Gasteiger partial charge in [-0.25, -0.2) is 0 Å². The van der Waals surface area contributed by atoms with Crippen LogP contribution in [0.1, 0.15) is 31.4 Å². The molecule has 2 aromatic heterocycles. The van der Waals surface area contributed by atoms with E-state index in [-0.39, 0.29) is 6.61 Å². The summed E-state index contributed by atoms with van der Waals surface area (Å²) in [5.74, 6) is 0. The van der Waals surface area contributed by atoms with Gasteiger partial charge in [-0.2, -0.15) is 0 Å². The van der Waals surface area contributed by atoms with Crippen LogP contribution in [0.3, 0.4) is 0 Å². The lowest BCUT2D eigenvalue weighted by atomic mass is 9.99. The lowest BCUT2D eigenvalue weighted by molar-refractivity contribution is -0.304. The van der Waals surface area contributed by atoms with Crippen molar-refractivity contribution in [2.24, 2.45) is 0 Å². The zero-order valence-electron chi connectivity index (χ0n) is 16.3. The number of rotatable bonds is 11. The first-order chi connectivity index (χ1) is 14.1. The average molecular weight is 410 g/mol. The zero-order valence-corrected chi connectivity index (χ0v) is 16.3. The molecule has 4 N–H and O–H groups in total. The third-order valence-electron chi connectivity index (χ3n) is 5.05. The minimum absolute atomic E-state index is 0.0273. The van der Waals surface area contributed by atoms with Gasteiger partial charge in [0.25, 0.3) is 0 Å². The first kappa shape index (κ1) is 21.9. The van der Waals surface area contributed by atoms with Crippen molar-refractivity contribution in [1.29, 1.82) is 0 Å². The molecule has 0 unspecified atom stereocenters. The predicted molar refractivity (Wildman–Crippen MR) is 101 cm³/mol. The summed E-state index contributed by atoms with van der Waals surface area (Å²) in [5.41, 5.74) is 0.564. The quantitative estimate of drug-likeness (QED) is 0.370. The third-order valence-corrected chi connectivity index (χ3v) is 5.05. The Labute approximate surface area is 169 Å². The van der Waals surface area contributed by atoms with E-state index >= 15 is 0 Å². The van der Waals surface area contributed by atoms with Gasteiger partial charge < -0.3 is 34.5 Å². The highest BCUT2D eigenvalue weighted by atomic mass is 16.7. The van der Waals surface area contributed by atoms with Gasteiger partial charge in [0, 0.05) is 25.5 Å². The summed E-state index contributed by atoms with van der Waals surface area (Å²) in [6.07, 6.45) is 3.87. The summed E-state index contributed by atoms with van der Waals surface area (Å²) in [7, 11) is 0. The van der Waals surface area contributed by atoms with Crippen molar-refractivity contribution in [3.63, 3.8) is 0 Å². The number of nitrogens with zero attached hydrogens (tertiary/aromatic N) is 4. The van der Waals surface area contributed by atoms with Gasteiger partial charge in [0.15, 0.2) is 6.29 Å². The van der Waals surface area contributed by atoms with Crippen LogP contribution in [0, 0.1) is 0 Å². The molecule has 0 aliphatic carbocycles. The first-order valence-electron chi connectivity index (χ1n) is 10.0. The highest BCUT2D eigenvalue weighted by Gasteiger charge is 2.44. The Balaban J connectivity index is 1.34. The summed E-state index contributed by atoms with van der Waals surface area (Å²) < 4.78 is 14.7. The lowest BCUT2D eigenvalue weighted by Crippen LogP contribution is -2.59. The Morgan fingerprint density at radius 3 is 2.41 bits per heavy atom. The summed E-state index contributed by atoms with van der Waals surface area (Å²) >= 11 is 0. The molecule has 1 fully saturated rings. The summed E-state index contributed by atoms with van der Waals surface area (Å²) in [6, 6.07) is 4.06. The smallest absolute Gasteiger partial charge is 0.187 e. The highest BCUT2D eigenvalue weighted by molar-refractivity contribution is 4.92. The minimum atomic E-state index is -1.46. The number of aliphatic hydroxyl groups excluding tert-OH is 4. The Kier molecular flexibility index (Phi) is 8.16. The van der Waals surface area contributed by atoms with Crippen molar-refractivity contribution in [2.75, 3.05) is 6.61 Å². The second-order valence-corrected chi connectivity index (χ2v) is 7.32. The topological polar surface area (TPSA) is 135 Å². The Hall–Kier alpha value is -1.82. The van der Waals surface area contributed by atoms with Gasteiger partial charge in [0.2, 0.25) is 0 Å². The van der Waals surface area contributed by atoms with E-state index in [1.54, 1.807) is 10.9 Å². The number of unbranched alkanes of at least 4 members (excludes halogenated alkanes) is 3. The van der Waals surface area contributed by atoms with Gasteiger partial charge in [-0.1, -0.05) is 18.1 Å². The number of hydrogen-bond acceptors (Lipinski definition) is 8. The van der Waals surface area contributed by atoms with Gasteiger partial charge in [-0.3, -0.25) is 4.68 Å². The van der Waals surface area contributed by atoms with Crippen molar-refractivity contribution < 1.29 is 29.9 Å². The van der Waals surface area contributed by atoms with Gasteiger partial charge in [0.05, 0.1) is 19.4 Å². The number of hydrogen-bond donors (Lipinski definition) is 4. The molecule has 1 saturated heterocycles. The highest BCUT2D eigenvalue weighted by Crippen LogP contribution is 2.22. The second-order valence-electron chi connectivity index (χ2n) is 7.32. The van der Waals surface area contributed by atoms with Crippen LogP contribution in [0.25, 0.3) is 0 Å². The fourth-order valence-corrected chi connectivity index (χ4v) is 3.33. The van der Waals surface area contributed by atoms with Crippen LogP contribution in [0.15, 0.2) is 30.7 Å². The van der Waals surface area contributed by atoms with E-state index in [0.29, 0.717) is 5.69 Å². The number of aryl methyl sites for hydroxylation is 2. The molecule has 0 aromatic carbocycles. The molecule has 2 aromatic rings. The molecule has 1 aliphatic rings. The van der Waals surface area contributed by atoms with Crippen LogP contribution < -0.4 is 0 Å². The average Bonchev–Trinajstić information content (AvgIpc) is 3.40. The molecule has 0 saturated carbocycles. The Bertz CT molecular complexity index is 707. The van der Waals surface area contributed by atoms with Crippen LogP contribution in [0.4, 0.5) is 0 Å². The lowest BCUT2D eigenvalue weighted by Gasteiger charge is -2.39. The van der Waals surface area contributed by atoms with E-state index in [1.165, 1.54) is 0 Å². The predicted octanol–water partition coefficient (Wildman–Crippen LogP) is -0.343. The molecule has 0 bridgehead atoms. The minimum Gasteiger partial charge on any atom is -0.394 e. The van der Waals surface area contributed by atoms with Crippen molar-refractivity contribution in [1.82, 2.24) is 19.6 Å². The van der Waals surface area contributed by atoms with Crippen molar-refractivity contribution >= 4 is 0 Å². The molecule has 3 heterocycles. The largest absolute Gasteiger partial charge is 0.394 e. The van der Waals surface area contributed by atoms with E-state index in [9.17, 15) is 20.4 Å². The van der Waals surface area contributed by atoms with Crippen LogP contribution in [0.2, 0.25) is 0 Å². The second kappa shape index (κ2) is 10.8. The normalized spacial score (nSPS) is 27.4. The van der Waals surface area contributed by atoms with Crippen molar-refractivity contribution in [3.8, 4) is 0 Å². The SMILES string of the molecule is OC[C@H]1O[C@@H](OCc2cn(CCCCCCn3cccc3)nn2)[C@H](O)[C@@H](O)[C@H]1O. The molecular formula is C19H30N4O6. The molecule has 162 valence electrons. The molecule has 29 heavy (non-hydrogen) atoms. The molecule has 5 atom stereocenters.